The standard InChI is InChI=1S/C27H33S.C9H3F9O3S/c1-19(2)22-17-25(20(3)4)27(26(18-22)21(5)6)28(23-13-9-7-10-14-23)24-15-11-8-12-16-24;10-7(11,12)3-1-4(8(13,14)15)6(22(19,20)21)5(2-3)9(16,17)18/h7-21H,1-6H3;1-2H,(H,19,20,21)/q+1;/p-1. The molecule has 0 fully saturated rings. The van der Waals surface area contributed by atoms with Crippen molar-refractivity contribution in [2.75, 3.05) is 0 Å². The fraction of sp³-hybridized carbons (Fsp3) is 0.333. The predicted molar refractivity (Wildman–Crippen MR) is 173 cm³/mol. The highest BCUT2D eigenvalue weighted by Gasteiger charge is 2.46. The van der Waals surface area contributed by atoms with Gasteiger partial charge in [-0.15, -0.1) is 0 Å². The first-order valence-corrected chi connectivity index (χ1v) is 17.9. The lowest BCUT2D eigenvalue weighted by atomic mass is 9.89. The van der Waals surface area contributed by atoms with Crippen LogP contribution in [0.4, 0.5) is 39.5 Å². The molecule has 0 aromatic heterocycles. The van der Waals surface area contributed by atoms with E-state index in [1.807, 2.05) is 0 Å². The van der Waals surface area contributed by atoms with Crippen LogP contribution in [0, 0.1) is 0 Å². The highest BCUT2D eigenvalue weighted by molar-refractivity contribution is 7.97. The first-order valence-electron chi connectivity index (χ1n) is 15.2. The van der Waals surface area contributed by atoms with Crippen LogP contribution < -0.4 is 0 Å². The molecule has 3 nitrogen and oxygen atoms in total. The molecular weight excluding hydrogens is 716 g/mol. The fourth-order valence-corrected chi connectivity index (χ4v) is 8.64. The van der Waals surface area contributed by atoms with E-state index in [1.165, 1.54) is 31.4 Å². The Morgan fingerprint density at radius 3 is 1.18 bits per heavy atom. The molecule has 0 aliphatic carbocycles. The normalized spacial score (nSPS) is 12.9. The van der Waals surface area contributed by atoms with E-state index < -0.39 is 62.4 Å². The molecule has 0 aliphatic heterocycles. The third kappa shape index (κ3) is 9.85. The van der Waals surface area contributed by atoms with Crippen molar-refractivity contribution in [1.29, 1.82) is 0 Å². The predicted octanol–water partition coefficient (Wildman–Crippen LogP) is 11.8. The molecule has 4 rings (SSSR count). The smallest absolute Gasteiger partial charge is 0.417 e. The van der Waals surface area contributed by atoms with Crippen molar-refractivity contribution in [2.24, 2.45) is 0 Å². The fourth-order valence-electron chi connectivity index (χ4n) is 5.09. The maximum absolute atomic E-state index is 12.6. The van der Waals surface area contributed by atoms with E-state index in [0.717, 1.165) is 0 Å². The molecule has 0 saturated carbocycles. The lowest BCUT2D eigenvalue weighted by Gasteiger charge is -2.22. The summed E-state index contributed by atoms with van der Waals surface area (Å²) in [5.74, 6) is 1.53. The first kappa shape index (κ1) is 40.9. The van der Waals surface area contributed by atoms with Crippen molar-refractivity contribution in [2.45, 2.75) is 97.4 Å². The summed E-state index contributed by atoms with van der Waals surface area (Å²) in [6, 6.07) is 25.3. The van der Waals surface area contributed by atoms with Gasteiger partial charge in [0.2, 0.25) is 0 Å². The molecule has 0 N–H and O–H groups in total. The van der Waals surface area contributed by atoms with Crippen LogP contribution >= 0.6 is 0 Å². The van der Waals surface area contributed by atoms with Gasteiger partial charge in [-0.25, -0.2) is 8.42 Å². The van der Waals surface area contributed by atoms with Gasteiger partial charge in [0.1, 0.15) is 10.1 Å². The summed E-state index contributed by atoms with van der Waals surface area (Å²) < 4.78 is 145. The Labute approximate surface area is 288 Å². The van der Waals surface area contributed by atoms with Gasteiger partial charge in [-0.2, -0.15) is 39.5 Å². The van der Waals surface area contributed by atoms with E-state index in [2.05, 4.69) is 114 Å². The van der Waals surface area contributed by atoms with E-state index in [0.29, 0.717) is 17.8 Å². The zero-order valence-corrected chi connectivity index (χ0v) is 29.4. The summed E-state index contributed by atoms with van der Waals surface area (Å²) in [5.41, 5.74) is -3.58. The van der Waals surface area contributed by atoms with Gasteiger partial charge in [0.05, 0.1) is 32.5 Å². The summed E-state index contributed by atoms with van der Waals surface area (Å²) in [6.07, 6.45) is -17.5. The molecule has 0 bridgehead atoms. The van der Waals surface area contributed by atoms with Crippen molar-refractivity contribution in [3.8, 4) is 0 Å². The van der Waals surface area contributed by atoms with Gasteiger partial charge < -0.3 is 4.55 Å². The monoisotopic (exact) mass is 750 g/mol. The Bertz CT molecular complexity index is 1760. The first-order chi connectivity index (χ1) is 22.9. The highest BCUT2D eigenvalue weighted by atomic mass is 32.2. The highest BCUT2D eigenvalue weighted by Crippen LogP contribution is 2.45. The van der Waals surface area contributed by atoms with E-state index >= 15 is 0 Å². The minimum atomic E-state index is -6.35. The molecule has 4 aromatic carbocycles. The largest absolute Gasteiger partial charge is 0.744 e. The summed E-state index contributed by atoms with van der Waals surface area (Å²) in [6.45, 7) is 14.0. The number of halogens is 9. The van der Waals surface area contributed by atoms with E-state index in [-0.39, 0.29) is 10.9 Å². The second-order valence-corrected chi connectivity index (χ2v) is 15.6. The molecule has 0 amide bonds. The molecule has 0 saturated heterocycles. The quantitative estimate of drug-likeness (QED) is 0.107. The molecule has 0 heterocycles. The van der Waals surface area contributed by atoms with Crippen LogP contribution in [0.5, 0.6) is 0 Å². The summed E-state index contributed by atoms with van der Waals surface area (Å²) in [4.78, 5) is 1.54. The molecule has 50 heavy (non-hydrogen) atoms. The van der Waals surface area contributed by atoms with Crippen LogP contribution in [0.3, 0.4) is 0 Å². The molecule has 0 spiro atoms. The van der Waals surface area contributed by atoms with Crippen molar-refractivity contribution in [3.63, 3.8) is 0 Å². The molecule has 0 atom stereocenters. The van der Waals surface area contributed by atoms with Gasteiger partial charge in [-0.1, -0.05) is 90.1 Å². The Morgan fingerprint density at radius 1 is 0.560 bits per heavy atom. The average Bonchev–Trinajstić information content (AvgIpc) is 3.00. The summed E-state index contributed by atoms with van der Waals surface area (Å²) in [7, 11) is -6.45. The van der Waals surface area contributed by atoms with Crippen LogP contribution in [-0.4, -0.2) is 13.0 Å². The SMILES string of the molecule is CC(C)c1cc(C(C)C)c([S+](c2ccccc2)c2ccccc2)c(C(C)C)c1.O=S(=O)([O-])c1c(C(F)(F)F)cc(C(F)(F)F)cc1C(F)(F)F. The average molecular weight is 751 g/mol. The molecule has 4 aromatic rings. The Kier molecular flexibility index (Phi) is 12.6. The lowest BCUT2D eigenvalue weighted by molar-refractivity contribution is -0.152. The van der Waals surface area contributed by atoms with Crippen LogP contribution in [0.15, 0.2) is 105 Å². The zero-order valence-electron chi connectivity index (χ0n) is 27.8. The maximum Gasteiger partial charge on any atom is 0.417 e. The number of rotatable bonds is 7. The van der Waals surface area contributed by atoms with Gasteiger partial charge in [-0.05, 0) is 59.7 Å². The van der Waals surface area contributed by atoms with Crippen molar-refractivity contribution in [1.82, 2.24) is 0 Å². The molecule has 0 aliphatic rings. The summed E-state index contributed by atoms with van der Waals surface area (Å²) in [5, 5.41) is 0. The van der Waals surface area contributed by atoms with Gasteiger partial charge in [0.15, 0.2) is 14.7 Å². The number of hydrogen-bond acceptors (Lipinski definition) is 3. The van der Waals surface area contributed by atoms with Crippen LogP contribution in [0.2, 0.25) is 0 Å². The van der Waals surface area contributed by atoms with Crippen molar-refractivity contribution in [3.05, 3.63) is 118 Å². The van der Waals surface area contributed by atoms with E-state index in [1.54, 1.807) is 0 Å². The van der Waals surface area contributed by atoms with Gasteiger partial charge in [0.25, 0.3) is 0 Å². The Morgan fingerprint density at radius 2 is 0.920 bits per heavy atom. The molecule has 0 radical (unpaired) electrons. The molecular formula is C36H35F9O3S2. The van der Waals surface area contributed by atoms with E-state index in [9.17, 15) is 52.5 Å². The van der Waals surface area contributed by atoms with Gasteiger partial charge in [0, 0.05) is 11.1 Å². The van der Waals surface area contributed by atoms with Crippen LogP contribution in [0.1, 0.15) is 92.7 Å². The van der Waals surface area contributed by atoms with Crippen molar-refractivity contribution < 1.29 is 52.5 Å². The third-order valence-electron chi connectivity index (χ3n) is 7.52. The minimum Gasteiger partial charge on any atom is -0.744 e. The third-order valence-corrected chi connectivity index (χ3v) is 10.8. The topological polar surface area (TPSA) is 57.2 Å². The van der Waals surface area contributed by atoms with Crippen LogP contribution in [-0.2, 0) is 39.5 Å². The second-order valence-electron chi connectivity index (χ2n) is 12.3. The van der Waals surface area contributed by atoms with E-state index in [4.69, 9.17) is 0 Å². The van der Waals surface area contributed by atoms with Gasteiger partial charge >= 0.3 is 18.5 Å². The molecule has 14 heteroatoms. The summed E-state index contributed by atoms with van der Waals surface area (Å²) >= 11 is 0. The maximum atomic E-state index is 12.6. The number of hydrogen-bond donors (Lipinski definition) is 0. The second kappa shape index (κ2) is 15.4. The Hall–Kier alpha value is -3.49. The van der Waals surface area contributed by atoms with Crippen molar-refractivity contribution >= 4 is 21.0 Å². The Balaban J connectivity index is 0.000000279. The lowest BCUT2D eigenvalue weighted by Crippen LogP contribution is -2.22. The molecule has 0 unspecified atom stereocenters. The minimum absolute atomic E-state index is 0.100. The number of benzene rings is 4. The number of alkyl halides is 9. The van der Waals surface area contributed by atoms with Gasteiger partial charge in [-0.3, -0.25) is 0 Å². The molecule has 272 valence electrons. The van der Waals surface area contributed by atoms with Crippen LogP contribution in [0.25, 0.3) is 0 Å². The zero-order chi connectivity index (χ0) is 38.0.